The summed E-state index contributed by atoms with van der Waals surface area (Å²) < 4.78 is 26.2. The molecule has 0 radical (unpaired) electrons. The Morgan fingerprint density at radius 1 is 1.32 bits per heavy atom. The van der Waals surface area contributed by atoms with Gasteiger partial charge in [0.25, 0.3) is 10.0 Å². The Kier molecular flexibility index (Phi) is 6.21. The first-order chi connectivity index (χ1) is 11.8. The van der Waals surface area contributed by atoms with Crippen molar-refractivity contribution in [2.75, 3.05) is 13.1 Å². The van der Waals surface area contributed by atoms with E-state index in [1.807, 2.05) is 0 Å². The quantitative estimate of drug-likeness (QED) is 0.673. The van der Waals surface area contributed by atoms with Crippen LogP contribution in [0.1, 0.15) is 25.7 Å². The normalized spacial score (nSPS) is 19.2. The smallest absolute Gasteiger partial charge is 0.260 e. The summed E-state index contributed by atoms with van der Waals surface area (Å²) in [5.41, 5.74) is 4.98. The molecule has 1 aromatic rings. The van der Waals surface area contributed by atoms with Crippen molar-refractivity contribution in [1.29, 1.82) is 0 Å². The first kappa shape index (κ1) is 19.0. The predicted molar refractivity (Wildman–Crippen MR) is 87.6 cm³/mol. The Balaban J connectivity index is 2.03. The van der Waals surface area contributed by atoms with Crippen LogP contribution in [0.15, 0.2) is 29.4 Å². The Hall–Kier alpha value is -2.33. The molecule has 9 nitrogen and oxygen atoms in total. The van der Waals surface area contributed by atoms with E-state index < -0.39 is 33.7 Å². The van der Waals surface area contributed by atoms with Crippen LogP contribution in [0.3, 0.4) is 0 Å². The van der Waals surface area contributed by atoms with Crippen LogP contribution in [0.2, 0.25) is 0 Å². The number of nitrogens with one attached hydrogen (secondary N) is 1. The third-order valence-electron chi connectivity index (χ3n) is 3.80. The summed E-state index contributed by atoms with van der Waals surface area (Å²) in [7, 11) is -3.86. The molecule has 2 amide bonds. The third-order valence-corrected chi connectivity index (χ3v) is 5.56. The lowest BCUT2D eigenvalue weighted by Gasteiger charge is -2.19. The summed E-state index contributed by atoms with van der Waals surface area (Å²) >= 11 is 0. The monoisotopic (exact) mass is 368 g/mol. The fourth-order valence-electron chi connectivity index (χ4n) is 2.49. The van der Waals surface area contributed by atoms with Crippen LogP contribution in [0.5, 0.6) is 0 Å². The number of nitrogens with zero attached hydrogens (tertiary/aromatic N) is 2. The average molecular weight is 368 g/mol. The molecule has 1 atom stereocenters. The van der Waals surface area contributed by atoms with Crippen LogP contribution in [0.25, 0.3) is 0 Å². The number of ketones is 1. The van der Waals surface area contributed by atoms with Gasteiger partial charge in [0.2, 0.25) is 11.8 Å². The molecule has 0 saturated carbocycles. The van der Waals surface area contributed by atoms with E-state index in [0.717, 1.165) is 4.31 Å². The zero-order valence-corrected chi connectivity index (χ0v) is 14.4. The Morgan fingerprint density at radius 2 is 2.08 bits per heavy atom. The van der Waals surface area contributed by atoms with Crippen molar-refractivity contribution in [3.05, 3.63) is 24.4 Å². The van der Waals surface area contributed by atoms with Gasteiger partial charge in [-0.3, -0.25) is 14.4 Å². The van der Waals surface area contributed by atoms with Crippen molar-refractivity contribution in [3.63, 3.8) is 0 Å². The number of hydrogen-bond donors (Lipinski definition) is 2. The highest BCUT2D eigenvalue weighted by Crippen LogP contribution is 2.17. The molecule has 25 heavy (non-hydrogen) atoms. The summed E-state index contributed by atoms with van der Waals surface area (Å²) in [6.45, 7) is -0.169. The zero-order chi connectivity index (χ0) is 18.4. The number of hydrogen-bond acceptors (Lipinski definition) is 6. The lowest BCUT2D eigenvalue weighted by Crippen LogP contribution is -2.44. The van der Waals surface area contributed by atoms with Crippen molar-refractivity contribution in [2.45, 2.75) is 36.8 Å². The summed E-state index contributed by atoms with van der Waals surface area (Å²) in [4.78, 5) is 38.6. The van der Waals surface area contributed by atoms with Gasteiger partial charge in [0, 0.05) is 25.6 Å². The van der Waals surface area contributed by atoms with E-state index >= 15 is 0 Å². The zero-order valence-electron chi connectivity index (χ0n) is 13.6. The molecule has 0 aliphatic carbocycles. The van der Waals surface area contributed by atoms with Crippen LogP contribution in [-0.4, -0.2) is 54.4 Å². The number of carbonyl (C=O) groups is 3. The lowest BCUT2D eigenvalue weighted by atomic mass is 10.1. The number of carbonyl (C=O) groups excluding carboxylic acids is 3. The van der Waals surface area contributed by atoms with E-state index in [1.165, 1.54) is 12.3 Å². The molecule has 3 N–H and O–H groups in total. The van der Waals surface area contributed by atoms with Crippen LogP contribution >= 0.6 is 0 Å². The second-order valence-corrected chi connectivity index (χ2v) is 7.59. The fourth-order valence-corrected chi connectivity index (χ4v) is 3.86. The maximum atomic E-state index is 12.6. The van der Waals surface area contributed by atoms with Gasteiger partial charge < -0.3 is 11.1 Å². The van der Waals surface area contributed by atoms with E-state index in [-0.39, 0.29) is 31.0 Å². The van der Waals surface area contributed by atoms with Gasteiger partial charge in [-0.15, -0.1) is 0 Å². The highest BCUT2D eigenvalue weighted by atomic mass is 32.2. The molecular formula is C15H20N4O5S. The van der Waals surface area contributed by atoms with Gasteiger partial charge in [-0.05, 0) is 25.0 Å². The van der Waals surface area contributed by atoms with E-state index in [0.29, 0.717) is 12.8 Å². The number of rotatable bonds is 6. The summed E-state index contributed by atoms with van der Waals surface area (Å²) in [5, 5.41) is 2.42. The molecule has 0 bridgehead atoms. The second kappa shape index (κ2) is 8.17. The molecule has 2 rings (SSSR count). The number of primary amides is 1. The minimum Gasteiger partial charge on any atom is -0.370 e. The molecule has 0 spiro atoms. The standard InChI is InChI=1S/C15H20N4O5S/c16-13(21)6-7-14(22)18-11-4-3-9-19(10-12(11)20)25(23,24)15-5-1-2-8-17-15/h1-2,5,8,11H,3-4,6-7,9-10H2,(H2,16,21)(H,18,22)/t11-/m0/s1. The predicted octanol–water partition coefficient (Wildman–Crippen LogP) is -0.814. The summed E-state index contributed by atoms with van der Waals surface area (Å²) in [5.74, 6) is -1.46. The minimum absolute atomic E-state index is 0.102. The summed E-state index contributed by atoms with van der Waals surface area (Å²) in [6.07, 6.45) is 1.91. The van der Waals surface area contributed by atoms with E-state index in [4.69, 9.17) is 5.73 Å². The largest absolute Gasteiger partial charge is 0.370 e. The van der Waals surface area contributed by atoms with Crippen LogP contribution < -0.4 is 11.1 Å². The molecule has 136 valence electrons. The maximum Gasteiger partial charge on any atom is 0.260 e. The van der Waals surface area contributed by atoms with Crippen LogP contribution in [0.4, 0.5) is 0 Å². The van der Waals surface area contributed by atoms with E-state index in [2.05, 4.69) is 10.3 Å². The SMILES string of the molecule is NC(=O)CCC(=O)N[C@H]1CCCN(S(=O)(=O)c2ccccn2)CC1=O. The lowest BCUT2D eigenvalue weighted by molar-refractivity contribution is -0.128. The second-order valence-electron chi connectivity index (χ2n) is 5.70. The number of sulfonamides is 1. The third kappa shape index (κ3) is 5.07. The number of Topliss-reactive ketones (excluding diaryl/α,β-unsaturated/α-hetero) is 1. The van der Waals surface area contributed by atoms with Crippen molar-refractivity contribution >= 4 is 27.6 Å². The van der Waals surface area contributed by atoms with Crippen molar-refractivity contribution < 1.29 is 22.8 Å². The number of nitrogens with two attached hydrogens (primary N) is 1. The Morgan fingerprint density at radius 3 is 2.72 bits per heavy atom. The van der Waals surface area contributed by atoms with E-state index in [1.54, 1.807) is 12.1 Å². The minimum atomic E-state index is -3.86. The van der Waals surface area contributed by atoms with Gasteiger partial charge >= 0.3 is 0 Å². The van der Waals surface area contributed by atoms with Gasteiger partial charge in [0.05, 0.1) is 12.6 Å². The molecule has 2 heterocycles. The molecule has 10 heteroatoms. The molecule has 1 aliphatic heterocycles. The number of amides is 2. The molecular weight excluding hydrogens is 348 g/mol. The van der Waals surface area contributed by atoms with Gasteiger partial charge in [-0.2, -0.15) is 4.31 Å². The molecule has 0 unspecified atom stereocenters. The van der Waals surface area contributed by atoms with E-state index in [9.17, 15) is 22.8 Å². The number of aromatic nitrogens is 1. The fraction of sp³-hybridized carbons (Fsp3) is 0.467. The van der Waals surface area contributed by atoms with Crippen LogP contribution in [-0.2, 0) is 24.4 Å². The van der Waals surface area contributed by atoms with Gasteiger partial charge in [0.15, 0.2) is 10.8 Å². The Labute approximate surface area is 145 Å². The molecule has 1 aromatic heterocycles. The van der Waals surface area contributed by atoms with Gasteiger partial charge in [-0.1, -0.05) is 6.07 Å². The van der Waals surface area contributed by atoms with Crippen LogP contribution in [0, 0.1) is 0 Å². The summed E-state index contributed by atoms with van der Waals surface area (Å²) in [6, 6.07) is 3.75. The highest BCUT2D eigenvalue weighted by molar-refractivity contribution is 7.89. The van der Waals surface area contributed by atoms with Gasteiger partial charge in [0.1, 0.15) is 0 Å². The highest BCUT2D eigenvalue weighted by Gasteiger charge is 2.33. The molecule has 1 saturated heterocycles. The number of pyridine rings is 1. The average Bonchev–Trinajstić information content (AvgIpc) is 2.76. The Bertz CT molecular complexity index is 750. The first-order valence-corrected chi connectivity index (χ1v) is 9.26. The van der Waals surface area contributed by atoms with Gasteiger partial charge in [-0.25, -0.2) is 13.4 Å². The molecule has 1 aliphatic rings. The molecule has 1 fully saturated rings. The maximum absolute atomic E-state index is 12.6. The van der Waals surface area contributed by atoms with Crippen molar-refractivity contribution in [2.24, 2.45) is 5.73 Å². The molecule has 0 aromatic carbocycles. The van der Waals surface area contributed by atoms with Crippen molar-refractivity contribution in [1.82, 2.24) is 14.6 Å². The van der Waals surface area contributed by atoms with Crippen molar-refractivity contribution in [3.8, 4) is 0 Å². The topological polar surface area (TPSA) is 140 Å². The first-order valence-electron chi connectivity index (χ1n) is 7.82.